The van der Waals surface area contributed by atoms with Gasteiger partial charge in [-0.2, -0.15) is 0 Å². The number of hydrogen-bond donors (Lipinski definition) is 0. The van der Waals surface area contributed by atoms with Gasteiger partial charge in [-0.3, -0.25) is 0 Å². The zero-order chi connectivity index (χ0) is 17.4. The molecule has 3 rings (SSSR count). The third-order valence-corrected chi connectivity index (χ3v) is 7.34. The Hall–Kier alpha value is -0.860. The highest BCUT2D eigenvalue weighted by Crippen LogP contribution is 2.69. The van der Waals surface area contributed by atoms with Crippen LogP contribution in [0.4, 0.5) is 0 Å². The van der Waals surface area contributed by atoms with Crippen molar-refractivity contribution in [3.8, 4) is 0 Å². The van der Waals surface area contributed by atoms with Crippen LogP contribution in [0.5, 0.6) is 0 Å². The van der Waals surface area contributed by atoms with Gasteiger partial charge in [0, 0.05) is 6.61 Å². The first-order valence-electron chi connectivity index (χ1n) is 9.66. The van der Waals surface area contributed by atoms with Crippen LogP contribution in [0.1, 0.15) is 45.6 Å². The molecule has 0 aliphatic heterocycles. The van der Waals surface area contributed by atoms with Crippen LogP contribution in [0, 0.1) is 22.7 Å². The van der Waals surface area contributed by atoms with Crippen LogP contribution in [-0.2, 0) is 11.2 Å². The van der Waals surface area contributed by atoms with Crippen LogP contribution in [0.3, 0.4) is 0 Å². The van der Waals surface area contributed by atoms with E-state index >= 15 is 0 Å². The quantitative estimate of drug-likeness (QED) is 0.676. The molecule has 1 aromatic carbocycles. The maximum Gasteiger partial charge on any atom is 0.0645 e. The first-order chi connectivity index (χ1) is 11.4. The van der Waals surface area contributed by atoms with Crippen LogP contribution >= 0.6 is 0 Å². The van der Waals surface area contributed by atoms with E-state index in [9.17, 15) is 0 Å². The highest BCUT2D eigenvalue weighted by molar-refractivity contribution is 5.21. The SMILES string of the molecule is CN(C)CCCOC1C2CCC(C)(C1Cc1ccccc1)C2(C)C. The summed E-state index contributed by atoms with van der Waals surface area (Å²) in [6.45, 7) is 9.53. The van der Waals surface area contributed by atoms with Crippen LogP contribution in [0.15, 0.2) is 30.3 Å². The van der Waals surface area contributed by atoms with Gasteiger partial charge in [0.15, 0.2) is 0 Å². The first kappa shape index (κ1) is 17.9. The van der Waals surface area contributed by atoms with E-state index in [-0.39, 0.29) is 0 Å². The van der Waals surface area contributed by atoms with Crippen molar-refractivity contribution in [3.05, 3.63) is 35.9 Å². The highest BCUT2D eigenvalue weighted by atomic mass is 16.5. The summed E-state index contributed by atoms with van der Waals surface area (Å²) in [4.78, 5) is 2.25. The molecular weight excluding hydrogens is 294 g/mol. The van der Waals surface area contributed by atoms with Crippen molar-refractivity contribution >= 4 is 0 Å². The van der Waals surface area contributed by atoms with Gasteiger partial charge in [-0.05, 0) is 74.6 Å². The maximum absolute atomic E-state index is 6.55. The Bertz CT molecular complexity index is 538. The average Bonchev–Trinajstić information content (AvgIpc) is 2.85. The molecule has 2 fully saturated rings. The van der Waals surface area contributed by atoms with Crippen LogP contribution in [-0.4, -0.2) is 38.3 Å². The minimum Gasteiger partial charge on any atom is -0.378 e. The molecule has 24 heavy (non-hydrogen) atoms. The van der Waals surface area contributed by atoms with E-state index in [1.807, 2.05) is 0 Å². The summed E-state index contributed by atoms with van der Waals surface area (Å²) in [7, 11) is 4.28. The second-order valence-electron chi connectivity index (χ2n) is 9.07. The average molecular weight is 330 g/mol. The normalized spacial score (nSPS) is 34.2. The summed E-state index contributed by atoms with van der Waals surface area (Å²) < 4.78 is 6.55. The standard InChI is InChI=1S/C22H35NO/c1-21(2)18-12-13-22(21,3)19(16-17-10-7-6-8-11-17)20(18)24-15-9-14-23(4)5/h6-8,10-11,18-20H,9,12-16H2,1-5H3. The Labute approximate surface area is 148 Å². The van der Waals surface area contributed by atoms with E-state index in [4.69, 9.17) is 4.74 Å². The van der Waals surface area contributed by atoms with Gasteiger partial charge in [0.1, 0.15) is 0 Å². The fourth-order valence-electron chi connectivity index (χ4n) is 5.48. The van der Waals surface area contributed by atoms with Gasteiger partial charge >= 0.3 is 0 Å². The lowest BCUT2D eigenvalue weighted by molar-refractivity contribution is -0.0356. The molecule has 2 nitrogen and oxygen atoms in total. The van der Waals surface area contributed by atoms with Crippen molar-refractivity contribution in [2.45, 2.75) is 52.6 Å². The Morgan fingerprint density at radius 3 is 2.50 bits per heavy atom. The van der Waals surface area contributed by atoms with Gasteiger partial charge in [-0.25, -0.2) is 0 Å². The summed E-state index contributed by atoms with van der Waals surface area (Å²) >= 11 is 0. The molecule has 0 radical (unpaired) electrons. The number of ether oxygens (including phenoxy) is 1. The monoisotopic (exact) mass is 329 g/mol. The van der Waals surface area contributed by atoms with Gasteiger partial charge in [-0.1, -0.05) is 51.1 Å². The van der Waals surface area contributed by atoms with Gasteiger partial charge in [-0.15, -0.1) is 0 Å². The highest BCUT2D eigenvalue weighted by Gasteiger charge is 2.66. The van der Waals surface area contributed by atoms with E-state index in [0.717, 1.165) is 31.9 Å². The van der Waals surface area contributed by atoms with Crippen LogP contribution in [0.25, 0.3) is 0 Å². The number of hydrogen-bond acceptors (Lipinski definition) is 2. The summed E-state index contributed by atoms with van der Waals surface area (Å²) in [5.41, 5.74) is 2.26. The van der Waals surface area contributed by atoms with Gasteiger partial charge < -0.3 is 9.64 Å². The summed E-state index contributed by atoms with van der Waals surface area (Å²) in [5, 5.41) is 0. The molecule has 4 unspecified atom stereocenters. The second-order valence-corrected chi connectivity index (χ2v) is 9.07. The van der Waals surface area contributed by atoms with E-state index in [2.05, 4.69) is 70.1 Å². The third-order valence-electron chi connectivity index (χ3n) is 7.34. The summed E-state index contributed by atoms with van der Waals surface area (Å²) in [6, 6.07) is 11.0. The van der Waals surface area contributed by atoms with E-state index in [1.165, 1.54) is 18.4 Å². The smallest absolute Gasteiger partial charge is 0.0645 e. The van der Waals surface area contributed by atoms with Crippen molar-refractivity contribution in [2.75, 3.05) is 27.2 Å². The van der Waals surface area contributed by atoms with Gasteiger partial charge in [0.05, 0.1) is 6.10 Å². The van der Waals surface area contributed by atoms with Crippen LogP contribution < -0.4 is 0 Å². The molecule has 0 aromatic heterocycles. The fraction of sp³-hybridized carbons (Fsp3) is 0.727. The molecule has 0 spiro atoms. The van der Waals surface area contributed by atoms with Crippen molar-refractivity contribution in [3.63, 3.8) is 0 Å². The van der Waals surface area contributed by atoms with E-state index < -0.39 is 0 Å². The zero-order valence-electron chi connectivity index (χ0n) is 16.2. The third kappa shape index (κ3) is 3.04. The Morgan fingerprint density at radius 2 is 1.83 bits per heavy atom. The molecule has 2 bridgehead atoms. The topological polar surface area (TPSA) is 12.5 Å². The molecule has 0 saturated heterocycles. The molecule has 2 saturated carbocycles. The number of rotatable bonds is 7. The molecule has 2 aliphatic rings. The Kier molecular flexibility index (Phi) is 5.09. The fourth-order valence-corrected chi connectivity index (χ4v) is 5.48. The minimum atomic E-state index is 0.388. The molecule has 2 heteroatoms. The zero-order valence-corrected chi connectivity index (χ0v) is 16.2. The predicted octanol–water partition coefficient (Wildman–Crippen LogP) is 4.64. The van der Waals surface area contributed by atoms with E-state index in [0.29, 0.717) is 22.9 Å². The molecule has 134 valence electrons. The summed E-state index contributed by atoms with van der Waals surface area (Å²) in [6.07, 6.45) is 5.43. The predicted molar refractivity (Wildman–Crippen MR) is 101 cm³/mol. The maximum atomic E-state index is 6.55. The van der Waals surface area contributed by atoms with Crippen molar-refractivity contribution in [1.29, 1.82) is 0 Å². The molecule has 0 amide bonds. The molecule has 0 heterocycles. The largest absolute Gasteiger partial charge is 0.378 e. The number of benzene rings is 1. The van der Waals surface area contributed by atoms with E-state index in [1.54, 1.807) is 0 Å². The number of fused-ring (bicyclic) bond motifs is 2. The summed E-state index contributed by atoms with van der Waals surface area (Å²) in [5.74, 6) is 1.36. The van der Waals surface area contributed by atoms with Crippen molar-refractivity contribution in [1.82, 2.24) is 4.90 Å². The van der Waals surface area contributed by atoms with Gasteiger partial charge in [0.2, 0.25) is 0 Å². The first-order valence-corrected chi connectivity index (χ1v) is 9.66. The van der Waals surface area contributed by atoms with Crippen LogP contribution in [0.2, 0.25) is 0 Å². The Morgan fingerprint density at radius 1 is 1.12 bits per heavy atom. The lowest BCUT2D eigenvalue weighted by atomic mass is 9.65. The van der Waals surface area contributed by atoms with Crippen molar-refractivity contribution < 1.29 is 4.74 Å². The van der Waals surface area contributed by atoms with Crippen molar-refractivity contribution in [2.24, 2.45) is 22.7 Å². The number of nitrogens with zero attached hydrogens (tertiary/aromatic N) is 1. The molecule has 4 atom stereocenters. The molecular formula is C22H35NO. The lowest BCUT2D eigenvalue weighted by Gasteiger charge is -2.40. The molecule has 0 N–H and O–H groups in total. The van der Waals surface area contributed by atoms with Gasteiger partial charge in [0.25, 0.3) is 0 Å². The second kappa shape index (κ2) is 6.80. The lowest BCUT2D eigenvalue weighted by Crippen LogP contribution is -2.37. The molecule has 2 aliphatic carbocycles. The minimum absolute atomic E-state index is 0.388. The molecule has 1 aromatic rings. The Balaban J connectivity index is 1.74.